The van der Waals surface area contributed by atoms with Crippen LogP contribution in [0.5, 0.6) is 0 Å². The molecule has 1 amide bonds. The highest BCUT2D eigenvalue weighted by atomic mass is 35.5. The fraction of sp³-hybridized carbons (Fsp3) is 0.185. The summed E-state index contributed by atoms with van der Waals surface area (Å²) in [5.41, 5.74) is 6.05. The smallest absolute Gasteiger partial charge is 0.280 e. The Morgan fingerprint density at radius 1 is 0.971 bits per heavy atom. The van der Waals surface area contributed by atoms with E-state index in [9.17, 15) is 4.79 Å². The van der Waals surface area contributed by atoms with Crippen molar-refractivity contribution in [2.24, 2.45) is 0 Å². The first-order valence-electron chi connectivity index (χ1n) is 11.1. The molecular formula is C27H20Cl2FN3O. The lowest BCUT2D eigenvalue weighted by Crippen LogP contribution is -2.34. The molecular weight excluding hydrogens is 472 g/mol. The van der Waals surface area contributed by atoms with Gasteiger partial charge in [-0.25, -0.2) is 9.07 Å². The molecule has 0 bridgehead atoms. The van der Waals surface area contributed by atoms with E-state index >= 15 is 4.39 Å². The van der Waals surface area contributed by atoms with Crippen LogP contribution in [-0.4, -0.2) is 15.7 Å². The van der Waals surface area contributed by atoms with Gasteiger partial charge < -0.3 is 0 Å². The second-order valence-corrected chi connectivity index (χ2v) is 9.97. The molecule has 1 atom stereocenters. The van der Waals surface area contributed by atoms with Crippen molar-refractivity contribution in [1.82, 2.24) is 9.78 Å². The predicted octanol–water partition coefficient (Wildman–Crippen LogP) is 7.48. The van der Waals surface area contributed by atoms with Crippen LogP contribution in [0.1, 0.15) is 58.7 Å². The van der Waals surface area contributed by atoms with Gasteiger partial charge in [-0.1, -0.05) is 55.2 Å². The van der Waals surface area contributed by atoms with E-state index in [2.05, 4.69) is 13.8 Å². The number of aromatic nitrogens is 2. The van der Waals surface area contributed by atoms with E-state index in [0.29, 0.717) is 26.9 Å². The second-order valence-electron chi connectivity index (χ2n) is 9.09. The average Bonchev–Trinajstić information content (AvgIpc) is 3.32. The third kappa shape index (κ3) is 2.83. The Morgan fingerprint density at radius 3 is 2.38 bits per heavy atom. The molecule has 7 heteroatoms. The summed E-state index contributed by atoms with van der Waals surface area (Å²) in [7, 11) is 0. The number of halogens is 3. The van der Waals surface area contributed by atoms with Gasteiger partial charge >= 0.3 is 0 Å². The molecule has 0 N–H and O–H groups in total. The first-order chi connectivity index (χ1) is 16.3. The van der Waals surface area contributed by atoms with Crippen LogP contribution in [0, 0.1) is 12.7 Å². The molecule has 1 unspecified atom stereocenters. The molecule has 3 aromatic carbocycles. The minimum absolute atomic E-state index is 0.0548. The van der Waals surface area contributed by atoms with Crippen molar-refractivity contribution in [2.75, 3.05) is 4.90 Å². The largest absolute Gasteiger partial charge is 0.292 e. The third-order valence-corrected chi connectivity index (χ3v) is 7.17. The monoisotopic (exact) mass is 491 g/mol. The number of hydrogen-bond donors (Lipinski definition) is 0. The first-order valence-corrected chi connectivity index (χ1v) is 11.8. The molecule has 2 aliphatic heterocycles. The van der Waals surface area contributed by atoms with Crippen molar-refractivity contribution in [1.29, 1.82) is 0 Å². The van der Waals surface area contributed by atoms with E-state index in [1.165, 1.54) is 0 Å². The SMILES string of the molecule is Cc1ccc2c(c1F)N1C(=O)c3nn(-c4ccc(Cl)cc4)c(C(C)C)c3C1c1ccc(Cl)cc1-2. The maximum Gasteiger partial charge on any atom is 0.280 e. The van der Waals surface area contributed by atoms with Crippen LogP contribution < -0.4 is 4.90 Å². The Bertz CT molecular complexity index is 1510. The Labute approximate surface area is 206 Å². The summed E-state index contributed by atoms with van der Waals surface area (Å²) in [6.45, 7) is 5.85. The standard InChI is InChI=1S/C27H20Cl2FN3O/c1-13(2)24-21-23(31-33(24)17-8-5-15(28)6-9-17)27(34)32-25(21)18-11-7-16(29)12-20(18)19-10-4-14(3)22(30)26(19)32/h4-13,25H,1-3H3. The van der Waals surface area contributed by atoms with E-state index in [1.54, 1.807) is 30.0 Å². The number of fused-ring (bicyclic) bond motifs is 8. The number of carbonyl (C=O) groups excluding carboxylic acids is 1. The van der Waals surface area contributed by atoms with Crippen molar-refractivity contribution in [3.63, 3.8) is 0 Å². The van der Waals surface area contributed by atoms with Crippen LogP contribution in [0.3, 0.4) is 0 Å². The molecule has 2 aliphatic rings. The highest BCUT2D eigenvalue weighted by Crippen LogP contribution is 2.54. The molecule has 1 aromatic heterocycles. The number of rotatable bonds is 2. The normalized spacial score (nSPS) is 15.9. The number of aryl methyl sites for hydroxylation is 1. The summed E-state index contributed by atoms with van der Waals surface area (Å²) >= 11 is 12.5. The molecule has 4 aromatic rings. The second kappa shape index (κ2) is 7.42. The van der Waals surface area contributed by atoms with Crippen LogP contribution >= 0.6 is 23.2 Å². The zero-order valence-corrected chi connectivity index (χ0v) is 20.2. The fourth-order valence-electron chi connectivity index (χ4n) is 5.21. The maximum atomic E-state index is 15.6. The summed E-state index contributed by atoms with van der Waals surface area (Å²) in [4.78, 5) is 15.4. The maximum absolute atomic E-state index is 15.6. The molecule has 170 valence electrons. The molecule has 3 heterocycles. The quantitative estimate of drug-likeness (QED) is 0.291. The van der Waals surface area contributed by atoms with Crippen LogP contribution in [-0.2, 0) is 0 Å². The van der Waals surface area contributed by atoms with Crippen LogP contribution in [0.15, 0.2) is 54.6 Å². The third-order valence-electron chi connectivity index (χ3n) is 6.68. The van der Waals surface area contributed by atoms with Gasteiger partial charge in [0, 0.05) is 21.2 Å². The lowest BCUT2D eigenvalue weighted by atomic mass is 9.85. The minimum atomic E-state index is -0.489. The first kappa shape index (κ1) is 21.4. The van der Waals surface area contributed by atoms with Gasteiger partial charge in [0.25, 0.3) is 5.91 Å². The zero-order valence-electron chi connectivity index (χ0n) is 18.7. The van der Waals surface area contributed by atoms with Gasteiger partial charge in [0.2, 0.25) is 0 Å². The molecule has 0 fully saturated rings. The predicted molar refractivity (Wildman–Crippen MR) is 133 cm³/mol. The lowest BCUT2D eigenvalue weighted by Gasteiger charge is -2.35. The molecule has 34 heavy (non-hydrogen) atoms. The fourth-order valence-corrected chi connectivity index (χ4v) is 5.51. The molecule has 6 rings (SSSR count). The van der Waals surface area contributed by atoms with Gasteiger partial charge in [0.1, 0.15) is 0 Å². The van der Waals surface area contributed by atoms with Gasteiger partial charge in [-0.05, 0) is 65.9 Å². The highest BCUT2D eigenvalue weighted by molar-refractivity contribution is 6.31. The van der Waals surface area contributed by atoms with Gasteiger partial charge in [-0.2, -0.15) is 5.10 Å². The molecule has 0 saturated heterocycles. The topological polar surface area (TPSA) is 38.1 Å². The van der Waals surface area contributed by atoms with Gasteiger partial charge in [-0.15, -0.1) is 0 Å². The number of amides is 1. The van der Waals surface area contributed by atoms with Crippen molar-refractivity contribution < 1.29 is 9.18 Å². The van der Waals surface area contributed by atoms with Crippen LogP contribution in [0.25, 0.3) is 16.8 Å². The van der Waals surface area contributed by atoms with Gasteiger partial charge in [0.15, 0.2) is 11.5 Å². The van der Waals surface area contributed by atoms with E-state index in [4.69, 9.17) is 28.3 Å². The Morgan fingerprint density at radius 2 is 1.68 bits per heavy atom. The van der Waals surface area contributed by atoms with Gasteiger partial charge in [0.05, 0.1) is 23.1 Å². The minimum Gasteiger partial charge on any atom is -0.292 e. The van der Waals surface area contributed by atoms with Crippen LogP contribution in [0.2, 0.25) is 10.0 Å². The average molecular weight is 492 g/mol. The lowest BCUT2D eigenvalue weighted by molar-refractivity contribution is 0.0987. The highest BCUT2D eigenvalue weighted by Gasteiger charge is 2.49. The number of carbonyl (C=O) groups is 1. The van der Waals surface area contributed by atoms with Crippen molar-refractivity contribution in [3.8, 4) is 16.8 Å². The molecule has 0 aliphatic carbocycles. The van der Waals surface area contributed by atoms with E-state index in [0.717, 1.165) is 28.1 Å². The number of hydrogen-bond acceptors (Lipinski definition) is 2. The Kier molecular flexibility index (Phi) is 4.67. The summed E-state index contributed by atoms with van der Waals surface area (Å²) in [5, 5.41) is 5.95. The van der Waals surface area contributed by atoms with E-state index < -0.39 is 11.9 Å². The van der Waals surface area contributed by atoms with Crippen molar-refractivity contribution in [2.45, 2.75) is 32.7 Å². The van der Waals surface area contributed by atoms with E-state index in [1.807, 2.05) is 41.1 Å². The van der Waals surface area contributed by atoms with Crippen molar-refractivity contribution in [3.05, 3.63) is 98.5 Å². The summed E-state index contributed by atoms with van der Waals surface area (Å²) in [6, 6.07) is 16.1. The Hall–Kier alpha value is -3.15. The molecule has 0 radical (unpaired) electrons. The number of nitrogens with zero attached hydrogens (tertiary/aromatic N) is 3. The summed E-state index contributed by atoms with van der Waals surface area (Å²) in [6.07, 6.45) is 0. The molecule has 0 spiro atoms. The molecule has 4 nitrogen and oxygen atoms in total. The van der Waals surface area contributed by atoms with E-state index in [-0.39, 0.29) is 17.5 Å². The van der Waals surface area contributed by atoms with Crippen LogP contribution in [0.4, 0.5) is 10.1 Å². The summed E-state index contributed by atoms with van der Waals surface area (Å²) in [5.74, 6) is -0.650. The number of anilines is 1. The summed E-state index contributed by atoms with van der Waals surface area (Å²) < 4.78 is 17.4. The Balaban J connectivity index is 1.67. The molecule has 0 saturated carbocycles. The van der Waals surface area contributed by atoms with Gasteiger partial charge in [-0.3, -0.25) is 9.69 Å². The van der Waals surface area contributed by atoms with Crippen molar-refractivity contribution >= 4 is 34.8 Å². The number of benzene rings is 3. The zero-order chi connectivity index (χ0) is 23.9.